The molecule has 0 atom stereocenters. The lowest BCUT2D eigenvalue weighted by Gasteiger charge is -2.10. The number of anilines is 1. The van der Waals surface area contributed by atoms with Gasteiger partial charge in [-0.3, -0.25) is 4.79 Å². The summed E-state index contributed by atoms with van der Waals surface area (Å²) in [6.45, 7) is 6.51. The quantitative estimate of drug-likeness (QED) is 0.547. The lowest BCUT2D eigenvalue weighted by Crippen LogP contribution is -2.14. The van der Waals surface area contributed by atoms with E-state index in [-0.39, 0.29) is 11.7 Å². The first kappa shape index (κ1) is 20.5. The van der Waals surface area contributed by atoms with Gasteiger partial charge in [-0.2, -0.15) is 5.26 Å². The first-order valence-electron chi connectivity index (χ1n) is 8.58. The van der Waals surface area contributed by atoms with Crippen molar-refractivity contribution < 1.29 is 4.79 Å². The number of carbonyl (C=O) groups excluding carboxylic acids is 1. The van der Waals surface area contributed by atoms with E-state index in [0.717, 1.165) is 27.7 Å². The van der Waals surface area contributed by atoms with Crippen LogP contribution in [0, 0.1) is 32.1 Å². The highest BCUT2D eigenvalue weighted by Crippen LogP contribution is 2.28. The van der Waals surface area contributed by atoms with Gasteiger partial charge in [0.25, 0.3) is 0 Å². The van der Waals surface area contributed by atoms with Gasteiger partial charge in [0.15, 0.2) is 5.16 Å². The van der Waals surface area contributed by atoms with Gasteiger partial charge in [-0.05, 0) is 49.4 Å². The third-order valence-corrected chi connectivity index (χ3v) is 6.59. The van der Waals surface area contributed by atoms with Gasteiger partial charge in [-0.15, -0.1) is 11.3 Å². The van der Waals surface area contributed by atoms with E-state index in [9.17, 15) is 10.1 Å². The van der Waals surface area contributed by atoms with Gasteiger partial charge >= 0.3 is 0 Å². The van der Waals surface area contributed by atoms with Gasteiger partial charge in [-0.25, -0.2) is 4.98 Å². The van der Waals surface area contributed by atoms with Crippen molar-refractivity contribution in [2.75, 3.05) is 11.1 Å². The number of hydrogen-bond donors (Lipinski definition) is 1. The molecule has 0 aliphatic rings. The Bertz CT molecular complexity index is 1050. The first-order chi connectivity index (χ1) is 13.4. The highest BCUT2D eigenvalue weighted by Gasteiger charge is 2.16. The molecule has 0 radical (unpaired) electrons. The van der Waals surface area contributed by atoms with E-state index in [2.05, 4.69) is 20.9 Å². The van der Waals surface area contributed by atoms with Crippen molar-refractivity contribution in [3.05, 3.63) is 62.7 Å². The number of nitrogens with one attached hydrogen (secondary N) is 1. The zero-order chi connectivity index (χ0) is 20.3. The molecular formula is C20H19ClN4OS2. The van der Waals surface area contributed by atoms with Crippen LogP contribution in [0.25, 0.3) is 0 Å². The van der Waals surface area contributed by atoms with Crippen LogP contribution in [0.15, 0.2) is 34.8 Å². The number of rotatable bonds is 6. The van der Waals surface area contributed by atoms with E-state index in [1.807, 2.05) is 50.4 Å². The normalized spacial score (nSPS) is 10.7. The molecule has 5 nitrogen and oxygen atoms in total. The highest BCUT2D eigenvalue weighted by molar-refractivity contribution is 7.99. The zero-order valence-electron chi connectivity index (χ0n) is 15.7. The Labute approximate surface area is 177 Å². The molecular weight excluding hydrogens is 412 g/mol. The number of amides is 1. The van der Waals surface area contributed by atoms with Crippen molar-refractivity contribution in [2.24, 2.45) is 0 Å². The van der Waals surface area contributed by atoms with Crippen LogP contribution < -0.4 is 5.32 Å². The minimum absolute atomic E-state index is 0.153. The molecule has 0 spiro atoms. The monoisotopic (exact) mass is 430 g/mol. The summed E-state index contributed by atoms with van der Waals surface area (Å²) < 4.78 is 2.10. The maximum atomic E-state index is 12.4. The van der Waals surface area contributed by atoms with Crippen LogP contribution in [0.2, 0.25) is 5.02 Å². The molecule has 28 heavy (non-hydrogen) atoms. The van der Waals surface area contributed by atoms with Crippen LogP contribution in [0.3, 0.4) is 0 Å². The van der Waals surface area contributed by atoms with Crippen LogP contribution in [0.5, 0.6) is 0 Å². The molecule has 1 N–H and O–H groups in total. The number of nitriles is 1. The third kappa shape index (κ3) is 4.58. The minimum atomic E-state index is -0.153. The van der Waals surface area contributed by atoms with E-state index in [1.165, 1.54) is 23.1 Å². The zero-order valence-corrected chi connectivity index (χ0v) is 18.1. The summed E-state index contributed by atoms with van der Waals surface area (Å²) in [5, 5.41) is 16.0. The smallest absolute Gasteiger partial charge is 0.235 e. The van der Waals surface area contributed by atoms with Crippen molar-refractivity contribution >= 4 is 45.6 Å². The number of aromatic nitrogens is 2. The molecule has 3 aromatic rings. The van der Waals surface area contributed by atoms with Gasteiger partial charge < -0.3 is 9.88 Å². The van der Waals surface area contributed by atoms with Crippen molar-refractivity contribution in [1.82, 2.24) is 9.55 Å². The Morgan fingerprint density at radius 3 is 2.71 bits per heavy atom. The van der Waals surface area contributed by atoms with Crippen molar-refractivity contribution in [1.29, 1.82) is 5.26 Å². The summed E-state index contributed by atoms with van der Waals surface area (Å²) in [6.07, 6.45) is 0. The van der Waals surface area contributed by atoms with Crippen LogP contribution in [0.1, 0.15) is 28.1 Å². The second kappa shape index (κ2) is 8.82. The third-order valence-electron chi connectivity index (χ3n) is 4.35. The predicted octanol–water partition coefficient (Wildman–Crippen LogP) is 5.17. The first-order valence-corrected chi connectivity index (χ1v) is 10.8. The number of aryl methyl sites for hydroxylation is 2. The summed E-state index contributed by atoms with van der Waals surface area (Å²) >= 11 is 8.72. The molecule has 2 heterocycles. The molecule has 1 aromatic carbocycles. The topological polar surface area (TPSA) is 70.7 Å². The number of carbonyl (C=O) groups is 1. The highest BCUT2D eigenvalue weighted by atomic mass is 35.5. The molecule has 3 rings (SSSR count). The Balaban J connectivity index is 1.70. The van der Waals surface area contributed by atoms with E-state index >= 15 is 0 Å². The maximum Gasteiger partial charge on any atom is 0.235 e. The summed E-state index contributed by atoms with van der Waals surface area (Å²) in [6, 6.07) is 9.85. The van der Waals surface area contributed by atoms with E-state index in [4.69, 9.17) is 11.6 Å². The van der Waals surface area contributed by atoms with Crippen molar-refractivity contribution in [3.63, 3.8) is 0 Å². The summed E-state index contributed by atoms with van der Waals surface area (Å²) in [5.74, 6) is 0.0675. The van der Waals surface area contributed by atoms with Gasteiger partial charge in [-0.1, -0.05) is 35.5 Å². The lowest BCUT2D eigenvalue weighted by molar-refractivity contribution is -0.113. The molecule has 0 unspecified atom stereocenters. The van der Waals surface area contributed by atoms with Crippen LogP contribution >= 0.6 is 34.7 Å². The van der Waals surface area contributed by atoms with E-state index in [1.54, 1.807) is 0 Å². The largest absolute Gasteiger partial charge is 0.319 e. The SMILES string of the molecule is Cc1csc(NC(=O)CSc2nc(C)c(C)n2Cc2ccc(Cl)cc2)c1C#N. The number of thioether (sulfide) groups is 1. The Morgan fingerprint density at radius 1 is 1.32 bits per heavy atom. The fourth-order valence-electron chi connectivity index (χ4n) is 2.66. The number of hydrogen-bond acceptors (Lipinski definition) is 5. The predicted molar refractivity (Wildman–Crippen MR) is 115 cm³/mol. The molecule has 0 aliphatic carbocycles. The second-order valence-electron chi connectivity index (χ2n) is 6.35. The van der Waals surface area contributed by atoms with Crippen LogP contribution in [0.4, 0.5) is 5.00 Å². The molecule has 0 bridgehead atoms. The molecule has 0 fully saturated rings. The van der Waals surface area contributed by atoms with E-state index < -0.39 is 0 Å². The summed E-state index contributed by atoms with van der Waals surface area (Å²) in [4.78, 5) is 17.0. The number of thiophene rings is 1. The summed E-state index contributed by atoms with van der Waals surface area (Å²) in [7, 11) is 0. The minimum Gasteiger partial charge on any atom is -0.319 e. The van der Waals surface area contributed by atoms with E-state index in [0.29, 0.717) is 22.1 Å². The Kier molecular flexibility index (Phi) is 6.45. The number of halogens is 1. The van der Waals surface area contributed by atoms with Gasteiger partial charge in [0.1, 0.15) is 11.1 Å². The molecule has 0 saturated heterocycles. The molecule has 0 saturated carbocycles. The standard InChI is InChI=1S/C20H19ClN4OS2/c1-12-10-27-19(17(12)8-22)24-18(26)11-28-20-23-13(2)14(3)25(20)9-15-4-6-16(21)7-5-15/h4-7,10H,9,11H2,1-3H3,(H,24,26). The number of imidazole rings is 1. The summed E-state index contributed by atoms with van der Waals surface area (Å²) in [5.41, 5.74) is 4.53. The fraction of sp³-hybridized carbons (Fsp3) is 0.250. The van der Waals surface area contributed by atoms with Gasteiger partial charge in [0.2, 0.25) is 5.91 Å². The second-order valence-corrected chi connectivity index (χ2v) is 8.61. The molecule has 1 amide bonds. The molecule has 144 valence electrons. The average Bonchev–Trinajstić information content (AvgIpc) is 3.15. The average molecular weight is 431 g/mol. The van der Waals surface area contributed by atoms with Gasteiger partial charge in [0, 0.05) is 17.3 Å². The Morgan fingerprint density at radius 2 is 2.04 bits per heavy atom. The molecule has 8 heteroatoms. The molecule has 2 aromatic heterocycles. The molecule has 0 aliphatic heterocycles. The van der Waals surface area contributed by atoms with Crippen molar-refractivity contribution in [2.45, 2.75) is 32.5 Å². The van der Waals surface area contributed by atoms with Crippen LogP contribution in [-0.4, -0.2) is 21.2 Å². The van der Waals surface area contributed by atoms with Crippen molar-refractivity contribution in [3.8, 4) is 6.07 Å². The fourth-order valence-corrected chi connectivity index (χ4v) is 4.59. The van der Waals surface area contributed by atoms with Crippen LogP contribution in [-0.2, 0) is 11.3 Å². The maximum absolute atomic E-state index is 12.4. The number of nitrogens with zero attached hydrogens (tertiary/aromatic N) is 3. The number of benzene rings is 1. The van der Waals surface area contributed by atoms with Gasteiger partial charge in [0.05, 0.1) is 17.0 Å². The lowest BCUT2D eigenvalue weighted by atomic mass is 10.2. The Hall–Kier alpha value is -2.27.